The summed E-state index contributed by atoms with van der Waals surface area (Å²) in [7, 11) is 0. The van der Waals surface area contributed by atoms with E-state index in [9.17, 15) is 9.90 Å². The fourth-order valence-corrected chi connectivity index (χ4v) is 3.31. The molecular formula is C16H22N6O3. The lowest BCUT2D eigenvalue weighted by atomic mass is 10.1. The van der Waals surface area contributed by atoms with Crippen molar-refractivity contribution in [3.05, 3.63) is 23.8 Å². The normalized spacial score (nSPS) is 21.2. The molecule has 2 aliphatic rings. The van der Waals surface area contributed by atoms with E-state index in [1.54, 1.807) is 6.20 Å². The number of hydrogen-bond acceptors (Lipinski definition) is 6. The summed E-state index contributed by atoms with van der Waals surface area (Å²) in [6.07, 6.45) is 4.47. The van der Waals surface area contributed by atoms with Crippen LogP contribution in [0.5, 0.6) is 0 Å². The average molecular weight is 346 g/mol. The van der Waals surface area contributed by atoms with E-state index in [2.05, 4.69) is 25.3 Å². The van der Waals surface area contributed by atoms with Crippen LogP contribution >= 0.6 is 0 Å². The molecule has 134 valence electrons. The van der Waals surface area contributed by atoms with Crippen LogP contribution in [-0.2, 0) is 22.5 Å². The molecule has 9 heteroatoms. The summed E-state index contributed by atoms with van der Waals surface area (Å²) >= 11 is 0. The lowest BCUT2D eigenvalue weighted by molar-refractivity contribution is -0.139. The van der Waals surface area contributed by atoms with Crippen molar-refractivity contribution in [3.8, 4) is 11.4 Å². The number of nitrogens with one attached hydrogen (secondary N) is 2. The number of carboxylic acids is 1. The van der Waals surface area contributed by atoms with Gasteiger partial charge in [-0.3, -0.25) is 19.7 Å². The summed E-state index contributed by atoms with van der Waals surface area (Å²) in [6, 6.07) is -0.745. The van der Waals surface area contributed by atoms with E-state index in [1.165, 1.54) is 0 Å². The number of aromatic amines is 1. The van der Waals surface area contributed by atoms with Crippen LogP contribution in [0.3, 0.4) is 0 Å². The van der Waals surface area contributed by atoms with E-state index < -0.39 is 12.0 Å². The van der Waals surface area contributed by atoms with E-state index in [-0.39, 0.29) is 0 Å². The maximum absolute atomic E-state index is 11.4. The number of H-pyrrole nitrogens is 1. The fraction of sp³-hybridized carbons (Fsp3) is 0.562. The Balaban J connectivity index is 1.46. The Morgan fingerprint density at radius 1 is 1.36 bits per heavy atom. The number of hydrogen-bond donors (Lipinski definition) is 3. The van der Waals surface area contributed by atoms with Crippen LogP contribution < -0.4 is 5.32 Å². The summed E-state index contributed by atoms with van der Waals surface area (Å²) in [5.41, 5.74) is 2.34. The molecule has 0 unspecified atom stereocenters. The van der Waals surface area contributed by atoms with Crippen molar-refractivity contribution in [2.75, 3.05) is 39.4 Å². The van der Waals surface area contributed by atoms with Crippen LogP contribution in [-0.4, -0.2) is 75.1 Å². The number of aromatic nitrogens is 4. The molecule has 25 heavy (non-hydrogen) atoms. The molecule has 3 N–H and O–H groups in total. The second-order valence-corrected chi connectivity index (χ2v) is 6.37. The number of fused-ring (bicyclic) bond motifs is 1. The molecule has 1 fully saturated rings. The molecule has 1 saturated heterocycles. The molecule has 0 saturated carbocycles. The highest BCUT2D eigenvalue weighted by molar-refractivity contribution is 5.76. The summed E-state index contributed by atoms with van der Waals surface area (Å²) in [6.45, 7) is 5.88. The molecule has 0 radical (unpaired) electrons. The number of carbonyl (C=O) groups is 1. The first-order valence-corrected chi connectivity index (χ1v) is 8.58. The molecule has 0 amide bonds. The third-order valence-electron chi connectivity index (χ3n) is 4.71. The van der Waals surface area contributed by atoms with Gasteiger partial charge in [0.1, 0.15) is 5.82 Å². The number of aliphatic carboxylic acids is 1. The van der Waals surface area contributed by atoms with Crippen LogP contribution in [0.25, 0.3) is 11.4 Å². The Morgan fingerprint density at radius 2 is 2.20 bits per heavy atom. The minimum Gasteiger partial charge on any atom is -0.480 e. The zero-order valence-electron chi connectivity index (χ0n) is 13.9. The predicted octanol–water partition coefficient (Wildman–Crippen LogP) is -0.123. The Bertz CT molecular complexity index is 749. The van der Waals surface area contributed by atoms with Crippen molar-refractivity contribution in [1.82, 2.24) is 30.0 Å². The molecule has 2 aliphatic heterocycles. The van der Waals surface area contributed by atoms with Crippen LogP contribution in [0, 0.1) is 0 Å². The predicted molar refractivity (Wildman–Crippen MR) is 89.2 cm³/mol. The van der Waals surface area contributed by atoms with Crippen molar-refractivity contribution < 1.29 is 14.6 Å². The topological polar surface area (TPSA) is 108 Å². The SMILES string of the molecule is O=C(O)[C@@H]1NCCc2[nH]c(-c3cnn(CCN4CCOCC4)c3)nc21. The van der Waals surface area contributed by atoms with Crippen LogP contribution in [0.15, 0.2) is 12.4 Å². The minimum atomic E-state index is -0.903. The van der Waals surface area contributed by atoms with Crippen LogP contribution in [0.1, 0.15) is 17.4 Å². The third-order valence-corrected chi connectivity index (χ3v) is 4.71. The molecule has 2 aromatic rings. The quantitative estimate of drug-likeness (QED) is 0.692. The van der Waals surface area contributed by atoms with Crippen molar-refractivity contribution in [2.45, 2.75) is 19.0 Å². The van der Waals surface area contributed by atoms with E-state index in [1.807, 2.05) is 10.9 Å². The van der Waals surface area contributed by atoms with E-state index >= 15 is 0 Å². The van der Waals surface area contributed by atoms with Gasteiger partial charge in [-0.05, 0) is 0 Å². The van der Waals surface area contributed by atoms with Gasteiger partial charge in [-0.1, -0.05) is 0 Å². The number of imidazole rings is 1. The third kappa shape index (κ3) is 3.44. The van der Waals surface area contributed by atoms with Gasteiger partial charge in [-0.2, -0.15) is 5.10 Å². The van der Waals surface area contributed by atoms with Crippen LogP contribution in [0.4, 0.5) is 0 Å². The van der Waals surface area contributed by atoms with Gasteiger partial charge in [0.05, 0.1) is 37.2 Å². The Kier molecular flexibility index (Phi) is 4.51. The van der Waals surface area contributed by atoms with Gasteiger partial charge in [0.15, 0.2) is 6.04 Å². The first-order chi connectivity index (χ1) is 12.2. The molecule has 9 nitrogen and oxygen atoms in total. The van der Waals surface area contributed by atoms with E-state index in [0.29, 0.717) is 18.1 Å². The molecule has 0 bridgehead atoms. The van der Waals surface area contributed by atoms with Gasteiger partial charge in [-0.15, -0.1) is 0 Å². The molecule has 0 aromatic carbocycles. The standard InChI is InChI=1S/C16H22N6O3/c23-16(24)14-13-12(1-2-17-14)19-15(20-13)11-9-18-22(10-11)4-3-21-5-7-25-8-6-21/h9-10,14,17H,1-8H2,(H,19,20)(H,23,24)/t14-/m1/s1. The van der Waals surface area contributed by atoms with Gasteiger partial charge >= 0.3 is 5.97 Å². The number of rotatable bonds is 5. The van der Waals surface area contributed by atoms with Crippen molar-refractivity contribution >= 4 is 5.97 Å². The number of carboxylic acid groups (broad SMARTS) is 1. The van der Waals surface area contributed by atoms with Crippen molar-refractivity contribution in [3.63, 3.8) is 0 Å². The Labute approximate surface area is 145 Å². The summed E-state index contributed by atoms with van der Waals surface area (Å²) in [4.78, 5) is 21.5. The Hall–Kier alpha value is -2.23. The minimum absolute atomic E-state index is 0.579. The summed E-state index contributed by atoms with van der Waals surface area (Å²) in [5, 5.41) is 16.7. The highest BCUT2D eigenvalue weighted by atomic mass is 16.5. The molecule has 4 heterocycles. The van der Waals surface area contributed by atoms with Gasteiger partial charge in [0, 0.05) is 44.5 Å². The smallest absolute Gasteiger partial charge is 0.327 e. The van der Waals surface area contributed by atoms with Crippen molar-refractivity contribution in [1.29, 1.82) is 0 Å². The summed E-state index contributed by atoms with van der Waals surface area (Å²) < 4.78 is 7.26. The monoisotopic (exact) mass is 346 g/mol. The van der Waals surface area contributed by atoms with Gasteiger partial charge in [0.2, 0.25) is 0 Å². The maximum Gasteiger partial charge on any atom is 0.327 e. The fourth-order valence-electron chi connectivity index (χ4n) is 3.31. The van der Waals surface area contributed by atoms with Crippen LogP contribution in [0.2, 0.25) is 0 Å². The maximum atomic E-state index is 11.4. The molecule has 1 atom stereocenters. The lowest BCUT2D eigenvalue weighted by Crippen LogP contribution is -2.38. The van der Waals surface area contributed by atoms with Gasteiger partial charge < -0.3 is 14.8 Å². The molecule has 4 rings (SSSR count). The van der Waals surface area contributed by atoms with Gasteiger partial charge in [0.25, 0.3) is 0 Å². The summed E-state index contributed by atoms with van der Waals surface area (Å²) in [5.74, 6) is -0.224. The number of morpholine rings is 1. The second kappa shape index (κ2) is 6.95. The zero-order chi connectivity index (χ0) is 17.2. The Morgan fingerprint density at radius 3 is 3.00 bits per heavy atom. The highest BCUT2D eigenvalue weighted by Gasteiger charge is 2.29. The average Bonchev–Trinajstić information content (AvgIpc) is 3.27. The van der Waals surface area contributed by atoms with E-state index in [0.717, 1.165) is 57.1 Å². The number of nitrogens with zero attached hydrogens (tertiary/aromatic N) is 4. The zero-order valence-corrected chi connectivity index (χ0v) is 13.9. The second-order valence-electron chi connectivity index (χ2n) is 6.37. The first kappa shape index (κ1) is 16.2. The molecule has 2 aromatic heterocycles. The molecule has 0 aliphatic carbocycles. The van der Waals surface area contributed by atoms with Crippen molar-refractivity contribution in [2.24, 2.45) is 0 Å². The largest absolute Gasteiger partial charge is 0.480 e. The molecular weight excluding hydrogens is 324 g/mol. The van der Waals surface area contributed by atoms with E-state index in [4.69, 9.17) is 4.74 Å². The lowest BCUT2D eigenvalue weighted by Gasteiger charge is -2.26. The van der Waals surface area contributed by atoms with Gasteiger partial charge in [-0.25, -0.2) is 4.98 Å². The first-order valence-electron chi connectivity index (χ1n) is 8.58. The molecule has 0 spiro atoms. The highest BCUT2D eigenvalue weighted by Crippen LogP contribution is 2.25. The number of ether oxygens (including phenoxy) is 1.